The van der Waals surface area contributed by atoms with E-state index in [0.29, 0.717) is 13.1 Å². The molecule has 2 N–H and O–H groups in total. The summed E-state index contributed by atoms with van der Waals surface area (Å²) in [6.07, 6.45) is 1.46. The lowest BCUT2D eigenvalue weighted by Crippen LogP contribution is -2.46. The summed E-state index contributed by atoms with van der Waals surface area (Å²) >= 11 is 0. The van der Waals surface area contributed by atoms with E-state index >= 15 is 0 Å². The number of pyridine rings is 2. The van der Waals surface area contributed by atoms with E-state index in [1.165, 1.54) is 27.3 Å². The molecule has 0 saturated heterocycles. The van der Waals surface area contributed by atoms with Crippen LogP contribution in [0.25, 0.3) is 5.65 Å². The van der Waals surface area contributed by atoms with E-state index in [1.54, 1.807) is 4.90 Å². The second-order valence-electron chi connectivity index (χ2n) is 7.16. The topological polar surface area (TPSA) is 139 Å². The fourth-order valence-corrected chi connectivity index (χ4v) is 3.52. The van der Waals surface area contributed by atoms with Crippen LogP contribution in [-0.4, -0.2) is 53.6 Å². The van der Waals surface area contributed by atoms with Crippen LogP contribution < -0.4 is 11.1 Å². The lowest BCUT2D eigenvalue weighted by Gasteiger charge is -2.34. The maximum atomic E-state index is 12.7. The van der Waals surface area contributed by atoms with Crippen molar-refractivity contribution in [2.75, 3.05) is 6.54 Å². The number of carbonyl (C=O) groups is 2. The molecule has 30 heavy (non-hydrogen) atoms. The van der Waals surface area contributed by atoms with E-state index in [2.05, 4.69) is 10.2 Å². The zero-order valence-corrected chi connectivity index (χ0v) is 16.3. The minimum atomic E-state index is -0.750. The van der Waals surface area contributed by atoms with Crippen molar-refractivity contribution in [1.29, 1.82) is 0 Å². The summed E-state index contributed by atoms with van der Waals surface area (Å²) in [4.78, 5) is 50.7. The minimum Gasteiger partial charge on any atom is -0.503 e. The van der Waals surface area contributed by atoms with Gasteiger partial charge in [0.2, 0.25) is 5.43 Å². The number of hydrogen-bond acceptors (Lipinski definition) is 7. The first kappa shape index (κ1) is 19.4. The fourth-order valence-electron chi connectivity index (χ4n) is 3.52. The third kappa shape index (κ3) is 3.04. The van der Waals surface area contributed by atoms with Crippen LogP contribution >= 0.6 is 0 Å². The van der Waals surface area contributed by atoms with Gasteiger partial charge in [-0.2, -0.15) is 5.10 Å². The Labute approximate surface area is 169 Å². The van der Waals surface area contributed by atoms with Crippen LogP contribution in [0.5, 0.6) is 5.75 Å². The van der Waals surface area contributed by atoms with Gasteiger partial charge >= 0.3 is 11.7 Å². The molecule has 0 fully saturated rings. The molecular weight excluding hydrogens is 394 g/mol. The molecule has 0 aliphatic carbocycles. The van der Waals surface area contributed by atoms with Crippen LogP contribution in [0.4, 0.5) is 0 Å². The first-order valence-electron chi connectivity index (χ1n) is 9.29. The molecular formula is C19H19N5O6. The van der Waals surface area contributed by atoms with Gasteiger partial charge in [-0.15, -0.1) is 0 Å². The summed E-state index contributed by atoms with van der Waals surface area (Å²) in [5, 5.41) is 16.2. The minimum absolute atomic E-state index is 0.0675. The number of aromatic hydroxyl groups is 1. The van der Waals surface area contributed by atoms with Crippen LogP contribution in [0.3, 0.4) is 0 Å². The summed E-state index contributed by atoms with van der Waals surface area (Å²) in [6.45, 7) is 4.11. The van der Waals surface area contributed by atoms with E-state index in [4.69, 9.17) is 4.74 Å². The highest BCUT2D eigenvalue weighted by Gasteiger charge is 2.31. The number of nitrogens with one attached hydrogen (secondary N) is 1. The molecule has 0 spiro atoms. The van der Waals surface area contributed by atoms with Crippen molar-refractivity contribution >= 4 is 17.5 Å². The van der Waals surface area contributed by atoms with Gasteiger partial charge in [0.05, 0.1) is 5.69 Å². The van der Waals surface area contributed by atoms with Crippen molar-refractivity contribution in [3.05, 3.63) is 62.1 Å². The van der Waals surface area contributed by atoms with E-state index in [9.17, 15) is 24.3 Å². The largest absolute Gasteiger partial charge is 0.503 e. The molecule has 0 aromatic carbocycles. The monoisotopic (exact) mass is 413 g/mol. The molecule has 0 radical (unpaired) electrons. The SMILES string of the molecule is CC(C)N1CCn2c(COC(=O)c3cccn4c(=O)[nH]nc34)cc(=O)c(O)c2C1=O. The highest BCUT2D eigenvalue weighted by atomic mass is 16.5. The predicted octanol–water partition coefficient (Wildman–Crippen LogP) is 0.111. The maximum Gasteiger partial charge on any atom is 0.347 e. The van der Waals surface area contributed by atoms with Gasteiger partial charge in [-0.25, -0.2) is 19.1 Å². The zero-order valence-electron chi connectivity index (χ0n) is 16.3. The van der Waals surface area contributed by atoms with Crippen molar-refractivity contribution in [2.45, 2.75) is 33.0 Å². The summed E-state index contributed by atoms with van der Waals surface area (Å²) < 4.78 is 7.99. The van der Waals surface area contributed by atoms with Crippen LogP contribution in [0.1, 0.15) is 40.4 Å². The molecule has 0 atom stereocenters. The Hall–Kier alpha value is -3.89. The number of nitrogens with zero attached hydrogens (tertiary/aromatic N) is 4. The van der Waals surface area contributed by atoms with Gasteiger partial charge in [0.1, 0.15) is 12.2 Å². The normalized spacial score (nSPS) is 13.7. The average Bonchev–Trinajstić information content (AvgIpc) is 3.10. The number of carbonyl (C=O) groups excluding carboxylic acids is 2. The Morgan fingerprint density at radius 1 is 1.30 bits per heavy atom. The van der Waals surface area contributed by atoms with Crippen molar-refractivity contribution < 1.29 is 19.4 Å². The van der Waals surface area contributed by atoms with Gasteiger partial charge in [0.15, 0.2) is 17.1 Å². The van der Waals surface area contributed by atoms with Crippen LogP contribution in [0, 0.1) is 0 Å². The van der Waals surface area contributed by atoms with Gasteiger partial charge in [0.25, 0.3) is 5.91 Å². The van der Waals surface area contributed by atoms with Crippen molar-refractivity contribution in [1.82, 2.24) is 24.1 Å². The van der Waals surface area contributed by atoms with Gasteiger partial charge in [-0.05, 0) is 26.0 Å². The second kappa shape index (κ2) is 7.17. The molecule has 156 valence electrons. The van der Waals surface area contributed by atoms with Gasteiger partial charge in [-0.3, -0.25) is 9.59 Å². The Morgan fingerprint density at radius 3 is 2.80 bits per heavy atom. The lowest BCUT2D eigenvalue weighted by molar-refractivity contribution is 0.0458. The maximum absolute atomic E-state index is 12.7. The molecule has 11 nitrogen and oxygen atoms in total. The van der Waals surface area contributed by atoms with Gasteiger partial charge in [-0.1, -0.05) is 0 Å². The van der Waals surface area contributed by atoms with Crippen molar-refractivity contribution in [2.24, 2.45) is 0 Å². The molecule has 1 amide bonds. The zero-order chi connectivity index (χ0) is 21.6. The predicted molar refractivity (Wildman–Crippen MR) is 103 cm³/mol. The first-order chi connectivity index (χ1) is 14.3. The Kier molecular flexibility index (Phi) is 4.65. The van der Waals surface area contributed by atoms with E-state index in [0.717, 1.165) is 6.07 Å². The molecule has 0 saturated carbocycles. The number of ether oxygens (including phenoxy) is 1. The standard InChI is InChI=1S/C19H19N5O6/c1-10(2)22-6-7-23-11(8-13(25)15(26)14(23)17(22)27)9-30-18(28)12-4-3-5-24-16(12)20-21-19(24)29/h3-5,8,10,26H,6-7,9H2,1-2H3,(H,21,29). The van der Waals surface area contributed by atoms with Gasteiger partial charge < -0.3 is 19.3 Å². The molecule has 11 heteroatoms. The molecule has 0 unspecified atom stereocenters. The summed E-state index contributed by atoms with van der Waals surface area (Å²) in [5.41, 5.74) is -0.879. The number of fused-ring (bicyclic) bond motifs is 2. The van der Waals surface area contributed by atoms with Crippen LogP contribution in [0.2, 0.25) is 0 Å². The van der Waals surface area contributed by atoms with Crippen LogP contribution in [0.15, 0.2) is 34.0 Å². The molecule has 1 aliphatic heterocycles. The number of H-pyrrole nitrogens is 1. The van der Waals surface area contributed by atoms with E-state index < -0.39 is 28.7 Å². The summed E-state index contributed by atoms with van der Waals surface area (Å²) in [5.74, 6) is -1.83. The van der Waals surface area contributed by atoms with Crippen molar-refractivity contribution in [3.63, 3.8) is 0 Å². The molecule has 1 aliphatic rings. The Balaban J connectivity index is 1.65. The van der Waals surface area contributed by atoms with E-state index in [1.807, 2.05) is 13.8 Å². The quantitative estimate of drug-likeness (QED) is 0.579. The van der Waals surface area contributed by atoms with E-state index in [-0.39, 0.29) is 35.2 Å². The Morgan fingerprint density at radius 2 is 2.07 bits per heavy atom. The van der Waals surface area contributed by atoms with Crippen LogP contribution in [-0.2, 0) is 17.9 Å². The van der Waals surface area contributed by atoms with Crippen molar-refractivity contribution in [3.8, 4) is 5.75 Å². The third-order valence-electron chi connectivity index (χ3n) is 5.04. The molecule has 4 rings (SSSR count). The number of aromatic amines is 1. The smallest absolute Gasteiger partial charge is 0.347 e. The summed E-state index contributed by atoms with van der Waals surface area (Å²) in [6, 6.07) is 4.01. The fraction of sp³-hybridized carbons (Fsp3) is 0.316. The number of hydrogen-bond donors (Lipinski definition) is 2. The number of amides is 1. The van der Waals surface area contributed by atoms with Gasteiger partial charge in [0, 0.05) is 31.4 Å². The highest BCUT2D eigenvalue weighted by molar-refractivity contribution is 5.96. The molecule has 3 aromatic heterocycles. The molecule has 3 aromatic rings. The third-order valence-corrected chi connectivity index (χ3v) is 5.04. The average molecular weight is 413 g/mol. The lowest BCUT2D eigenvalue weighted by atomic mass is 10.1. The Bertz CT molecular complexity index is 1280. The number of rotatable bonds is 4. The molecule has 4 heterocycles. The number of aromatic nitrogens is 4. The second-order valence-corrected chi connectivity index (χ2v) is 7.16. The highest BCUT2D eigenvalue weighted by Crippen LogP contribution is 2.23. The summed E-state index contributed by atoms with van der Waals surface area (Å²) in [7, 11) is 0. The molecule has 0 bridgehead atoms. The number of esters is 1. The first-order valence-corrected chi connectivity index (χ1v) is 9.29.